The van der Waals surface area contributed by atoms with Gasteiger partial charge in [0.1, 0.15) is 11.4 Å². The molecule has 0 amide bonds. The third-order valence-corrected chi connectivity index (χ3v) is 4.01. The van der Waals surface area contributed by atoms with Gasteiger partial charge in [-0.15, -0.1) is 0 Å². The Morgan fingerprint density at radius 2 is 1.95 bits per heavy atom. The predicted octanol–water partition coefficient (Wildman–Crippen LogP) is 3.63. The molecule has 1 aromatic carbocycles. The van der Waals surface area contributed by atoms with Crippen LogP contribution in [0.1, 0.15) is 39.0 Å². The van der Waals surface area contributed by atoms with E-state index in [1.54, 1.807) is 0 Å². The molecule has 22 heavy (non-hydrogen) atoms. The van der Waals surface area contributed by atoms with Crippen LogP contribution in [0, 0.1) is 0 Å². The van der Waals surface area contributed by atoms with Crippen molar-refractivity contribution >= 4 is 0 Å². The summed E-state index contributed by atoms with van der Waals surface area (Å²) in [5, 5.41) is 7.76. The van der Waals surface area contributed by atoms with Crippen LogP contribution in [-0.2, 0) is 13.0 Å². The molecule has 4 nitrogen and oxygen atoms in total. The Labute approximate surface area is 132 Å². The summed E-state index contributed by atoms with van der Waals surface area (Å²) in [6.07, 6.45) is 1.06. The summed E-state index contributed by atoms with van der Waals surface area (Å²) in [7, 11) is 0. The van der Waals surface area contributed by atoms with Gasteiger partial charge in [0.25, 0.3) is 0 Å². The summed E-state index contributed by atoms with van der Waals surface area (Å²) in [6, 6.07) is 8.26. The summed E-state index contributed by atoms with van der Waals surface area (Å²) in [5.41, 5.74) is 4.69. The first-order chi connectivity index (χ1) is 10.5. The maximum atomic E-state index is 5.88. The minimum Gasteiger partial charge on any atom is -0.488 e. The Hall–Kier alpha value is -1.81. The number of benzene rings is 1. The largest absolute Gasteiger partial charge is 0.488 e. The number of H-pyrrole nitrogens is 1. The van der Waals surface area contributed by atoms with Crippen LogP contribution in [0.15, 0.2) is 24.3 Å². The second-order valence-electron chi connectivity index (χ2n) is 6.89. The first-order valence-electron chi connectivity index (χ1n) is 8.04. The highest BCUT2D eigenvalue weighted by Crippen LogP contribution is 2.30. The van der Waals surface area contributed by atoms with E-state index in [4.69, 9.17) is 4.74 Å². The van der Waals surface area contributed by atoms with Gasteiger partial charge in [-0.05, 0) is 51.6 Å². The SMILES string of the molecule is CCN1CCc2[nH]nc(-c3ccc(OC(C)(C)C)cc3)c2C1. The molecule has 3 rings (SSSR count). The van der Waals surface area contributed by atoms with Crippen LogP contribution in [0.3, 0.4) is 0 Å². The molecule has 0 unspecified atom stereocenters. The van der Waals surface area contributed by atoms with Gasteiger partial charge in [-0.25, -0.2) is 0 Å². The van der Waals surface area contributed by atoms with Gasteiger partial charge in [0.2, 0.25) is 0 Å². The van der Waals surface area contributed by atoms with E-state index in [0.29, 0.717) is 0 Å². The smallest absolute Gasteiger partial charge is 0.120 e. The van der Waals surface area contributed by atoms with E-state index < -0.39 is 0 Å². The quantitative estimate of drug-likeness (QED) is 0.941. The molecule has 1 N–H and O–H groups in total. The van der Waals surface area contributed by atoms with Crippen molar-refractivity contribution in [2.75, 3.05) is 13.1 Å². The molecule has 0 fully saturated rings. The van der Waals surface area contributed by atoms with Gasteiger partial charge in [-0.1, -0.05) is 6.92 Å². The van der Waals surface area contributed by atoms with E-state index in [-0.39, 0.29) is 5.60 Å². The first-order valence-corrected chi connectivity index (χ1v) is 8.04. The van der Waals surface area contributed by atoms with E-state index in [9.17, 15) is 0 Å². The number of nitrogens with one attached hydrogen (secondary N) is 1. The average Bonchev–Trinajstić information content (AvgIpc) is 2.89. The summed E-state index contributed by atoms with van der Waals surface area (Å²) in [5.74, 6) is 0.899. The van der Waals surface area contributed by atoms with Crippen molar-refractivity contribution in [3.05, 3.63) is 35.5 Å². The lowest BCUT2D eigenvalue weighted by molar-refractivity contribution is 0.131. The highest BCUT2D eigenvalue weighted by atomic mass is 16.5. The lowest BCUT2D eigenvalue weighted by Crippen LogP contribution is -2.30. The van der Waals surface area contributed by atoms with Crippen LogP contribution in [0.5, 0.6) is 5.75 Å². The Bertz CT molecular complexity index is 637. The van der Waals surface area contributed by atoms with Crippen molar-refractivity contribution in [2.24, 2.45) is 0 Å². The number of aromatic nitrogens is 2. The normalized spacial score (nSPS) is 15.6. The highest BCUT2D eigenvalue weighted by Gasteiger charge is 2.22. The molecule has 0 radical (unpaired) electrons. The second-order valence-corrected chi connectivity index (χ2v) is 6.89. The molecule has 0 saturated carbocycles. The standard InChI is InChI=1S/C18H25N3O/c1-5-21-11-10-16-15(12-21)17(20-19-16)13-6-8-14(9-7-13)22-18(2,3)4/h6-9H,5,10-12H2,1-4H3,(H,19,20). The maximum absolute atomic E-state index is 5.88. The lowest BCUT2D eigenvalue weighted by atomic mass is 10.0. The second kappa shape index (κ2) is 5.76. The van der Waals surface area contributed by atoms with Crippen molar-refractivity contribution in [3.63, 3.8) is 0 Å². The molecular formula is C18H25N3O. The molecule has 2 heterocycles. The van der Waals surface area contributed by atoms with E-state index in [1.165, 1.54) is 11.3 Å². The molecule has 1 aliphatic heterocycles. The lowest BCUT2D eigenvalue weighted by Gasteiger charge is -2.25. The zero-order valence-electron chi connectivity index (χ0n) is 13.9. The number of fused-ring (bicyclic) bond motifs is 1. The summed E-state index contributed by atoms with van der Waals surface area (Å²) < 4.78 is 5.88. The monoisotopic (exact) mass is 299 g/mol. The number of likely N-dealkylation sites (N-methyl/N-ethyl adjacent to an activating group) is 1. The van der Waals surface area contributed by atoms with Crippen LogP contribution in [0.2, 0.25) is 0 Å². The minimum atomic E-state index is -0.172. The van der Waals surface area contributed by atoms with Crippen molar-refractivity contribution < 1.29 is 4.74 Å². The van der Waals surface area contributed by atoms with Gasteiger partial charge in [-0.3, -0.25) is 10.00 Å². The fourth-order valence-electron chi connectivity index (χ4n) is 2.89. The maximum Gasteiger partial charge on any atom is 0.120 e. The molecular weight excluding hydrogens is 274 g/mol. The van der Waals surface area contributed by atoms with Gasteiger partial charge >= 0.3 is 0 Å². The number of hydrogen-bond acceptors (Lipinski definition) is 3. The predicted molar refractivity (Wildman–Crippen MR) is 89.1 cm³/mol. The van der Waals surface area contributed by atoms with Gasteiger partial charge in [0.05, 0.1) is 5.69 Å². The summed E-state index contributed by atoms with van der Waals surface area (Å²) in [6.45, 7) is 11.6. The molecule has 118 valence electrons. The third-order valence-electron chi connectivity index (χ3n) is 4.01. The molecule has 0 saturated heterocycles. The molecule has 1 aromatic heterocycles. The molecule has 1 aliphatic rings. The Balaban J connectivity index is 1.85. The zero-order chi connectivity index (χ0) is 15.7. The number of nitrogens with zero attached hydrogens (tertiary/aromatic N) is 2. The highest BCUT2D eigenvalue weighted by molar-refractivity contribution is 5.65. The van der Waals surface area contributed by atoms with E-state index >= 15 is 0 Å². The van der Waals surface area contributed by atoms with Crippen LogP contribution in [-0.4, -0.2) is 33.8 Å². The Kier molecular flexibility index (Phi) is 3.96. The van der Waals surface area contributed by atoms with Crippen molar-refractivity contribution in [1.82, 2.24) is 15.1 Å². The number of ether oxygens (including phenoxy) is 1. The van der Waals surface area contributed by atoms with E-state index in [0.717, 1.165) is 43.1 Å². The van der Waals surface area contributed by atoms with Crippen LogP contribution < -0.4 is 4.74 Å². The summed E-state index contributed by atoms with van der Waals surface area (Å²) >= 11 is 0. The number of hydrogen-bond donors (Lipinski definition) is 1. The van der Waals surface area contributed by atoms with Gasteiger partial charge in [0, 0.05) is 36.3 Å². The minimum absolute atomic E-state index is 0.172. The van der Waals surface area contributed by atoms with Crippen molar-refractivity contribution in [2.45, 2.75) is 46.3 Å². The van der Waals surface area contributed by atoms with Gasteiger partial charge < -0.3 is 4.74 Å². The fraction of sp³-hybridized carbons (Fsp3) is 0.500. The molecule has 0 spiro atoms. The molecule has 2 aromatic rings. The van der Waals surface area contributed by atoms with Crippen molar-refractivity contribution in [3.8, 4) is 17.0 Å². The molecule has 0 bridgehead atoms. The molecule has 0 aliphatic carbocycles. The van der Waals surface area contributed by atoms with Gasteiger partial charge in [-0.2, -0.15) is 5.10 Å². The number of rotatable bonds is 3. The van der Waals surface area contributed by atoms with Crippen molar-refractivity contribution in [1.29, 1.82) is 0 Å². The average molecular weight is 299 g/mol. The van der Waals surface area contributed by atoms with Crippen LogP contribution >= 0.6 is 0 Å². The summed E-state index contributed by atoms with van der Waals surface area (Å²) in [4.78, 5) is 2.46. The molecule has 4 heteroatoms. The Morgan fingerprint density at radius 3 is 2.59 bits per heavy atom. The zero-order valence-corrected chi connectivity index (χ0v) is 13.9. The van der Waals surface area contributed by atoms with Gasteiger partial charge in [0.15, 0.2) is 0 Å². The van der Waals surface area contributed by atoms with Crippen LogP contribution in [0.25, 0.3) is 11.3 Å². The van der Waals surface area contributed by atoms with E-state index in [2.05, 4.69) is 54.9 Å². The third kappa shape index (κ3) is 3.17. The molecule has 0 atom stereocenters. The fourth-order valence-corrected chi connectivity index (χ4v) is 2.89. The van der Waals surface area contributed by atoms with Crippen LogP contribution in [0.4, 0.5) is 0 Å². The topological polar surface area (TPSA) is 41.2 Å². The first kappa shape index (κ1) is 15.1. The van der Waals surface area contributed by atoms with E-state index in [1.807, 2.05) is 12.1 Å². The number of aromatic amines is 1. The Morgan fingerprint density at radius 1 is 1.23 bits per heavy atom.